The van der Waals surface area contributed by atoms with Crippen molar-refractivity contribution in [3.8, 4) is 0 Å². The van der Waals surface area contributed by atoms with Gasteiger partial charge in [-0.05, 0) is 26.7 Å². The van der Waals surface area contributed by atoms with Crippen molar-refractivity contribution in [2.75, 3.05) is 25.5 Å². The largest absolute Gasteiger partial charge is 0.373 e. The molecule has 2 aliphatic heterocycles. The van der Waals surface area contributed by atoms with Crippen LogP contribution in [0, 0.1) is 13.8 Å². The third-order valence-electron chi connectivity index (χ3n) is 5.47. The van der Waals surface area contributed by atoms with Crippen LogP contribution in [0.4, 0.5) is 5.82 Å². The molecule has 1 saturated heterocycles. The summed E-state index contributed by atoms with van der Waals surface area (Å²) in [5.74, 6) is 1.66. The van der Waals surface area contributed by atoms with Crippen molar-refractivity contribution in [2.24, 2.45) is 0 Å². The number of hydrogen-bond acceptors (Lipinski definition) is 8. The normalized spacial score (nSPS) is 20.8. The number of anilines is 1. The summed E-state index contributed by atoms with van der Waals surface area (Å²) in [6, 6.07) is -0.389. The Morgan fingerprint density at radius 3 is 2.79 bits per heavy atom. The molecule has 152 valence electrons. The zero-order valence-corrected chi connectivity index (χ0v) is 17.3. The van der Waals surface area contributed by atoms with Gasteiger partial charge in [-0.1, -0.05) is 11.6 Å². The molecule has 9 nitrogen and oxygen atoms in total. The number of sulfonamides is 1. The molecule has 10 heteroatoms. The van der Waals surface area contributed by atoms with Gasteiger partial charge in [-0.15, -0.1) is 0 Å². The Hall–Kier alpha value is -2.04. The predicted molar refractivity (Wildman–Crippen MR) is 103 cm³/mol. The van der Waals surface area contributed by atoms with Crippen LogP contribution in [0.15, 0.2) is 9.42 Å². The first kappa shape index (κ1) is 19.3. The fourth-order valence-electron chi connectivity index (χ4n) is 4.13. The van der Waals surface area contributed by atoms with Crippen molar-refractivity contribution in [3.63, 3.8) is 0 Å². The SMILES string of the molecule is CNc1nc(C2CCCCN2S(=O)(=O)c2c(C)noc2C)nc2c1CNCC2. The van der Waals surface area contributed by atoms with Crippen LogP contribution in [0.5, 0.6) is 0 Å². The van der Waals surface area contributed by atoms with Crippen molar-refractivity contribution in [1.82, 2.24) is 24.7 Å². The smallest absolute Gasteiger partial charge is 0.249 e. The highest BCUT2D eigenvalue weighted by atomic mass is 32.2. The van der Waals surface area contributed by atoms with Gasteiger partial charge in [0.1, 0.15) is 22.2 Å². The molecule has 0 spiro atoms. The summed E-state index contributed by atoms with van der Waals surface area (Å²) in [5.41, 5.74) is 2.44. The molecule has 0 saturated carbocycles. The van der Waals surface area contributed by atoms with E-state index in [4.69, 9.17) is 14.5 Å². The standard InChI is InChI=1S/C18H26N6O3S/c1-11-16(12(2)27-23-11)28(25,26)24-9-5-4-6-15(24)18-21-14-7-8-20-10-13(14)17(19-3)22-18/h15,20H,4-10H2,1-3H3,(H,19,21,22). The second-order valence-electron chi connectivity index (χ2n) is 7.31. The van der Waals surface area contributed by atoms with E-state index >= 15 is 0 Å². The van der Waals surface area contributed by atoms with Gasteiger partial charge in [0.2, 0.25) is 10.0 Å². The van der Waals surface area contributed by atoms with Gasteiger partial charge in [-0.2, -0.15) is 4.31 Å². The van der Waals surface area contributed by atoms with Crippen LogP contribution in [0.3, 0.4) is 0 Å². The van der Waals surface area contributed by atoms with E-state index in [1.54, 1.807) is 13.8 Å². The third-order valence-corrected chi connectivity index (χ3v) is 7.63. The molecule has 2 aromatic heterocycles. The lowest BCUT2D eigenvalue weighted by Crippen LogP contribution is -2.40. The average Bonchev–Trinajstić information content (AvgIpc) is 3.06. The minimum Gasteiger partial charge on any atom is -0.373 e. The molecule has 1 atom stereocenters. The molecule has 2 N–H and O–H groups in total. The van der Waals surface area contributed by atoms with Gasteiger partial charge in [-0.25, -0.2) is 18.4 Å². The van der Waals surface area contributed by atoms with Gasteiger partial charge in [0, 0.05) is 38.7 Å². The molecular weight excluding hydrogens is 380 g/mol. The molecule has 0 amide bonds. The molecule has 0 aromatic carbocycles. The minimum atomic E-state index is -3.75. The first-order valence-electron chi connectivity index (χ1n) is 9.66. The summed E-state index contributed by atoms with van der Waals surface area (Å²) in [7, 11) is -1.92. The van der Waals surface area contributed by atoms with Crippen molar-refractivity contribution in [2.45, 2.75) is 57.0 Å². The molecule has 0 aliphatic carbocycles. The highest BCUT2D eigenvalue weighted by molar-refractivity contribution is 7.89. The first-order chi connectivity index (χ1) is 13.4. The lowest BCUT2D eigenvalue weighted by molar-refractivity contribution is 0.245. The number of aryl methyl sites for hydroxylation is 2. The number of hydrogen-bond donors (Lipinski definition) is 2. The van der Waals surface area contributed by atoms with E-state index in [2.05, 4.69) is 15.8 Å². The second kappa shape index (κ2) is 7.41. The van der Waals surface area contributed by atoms with Crippen LogP contribution in [0.25, 0.3) is 0 Å². The Bertz CT molecular complexity index is 951. The maximum atomic E-state index is 13.5. The van der Waals surface area contributed by atoms with E-state index in [0.29, 0.717) is 30.2 Å². The predicted octanol–water partition coefficient (Wildman–Crippen LogP) is 1.68. The van der Waals surface area contributed by atoms with Crippen LogP contribution in [-0.4, -0.2) is 48.0 Å². The minimum absolute atomic E-state index is 0.162. The average molecular weight is 407 g/mol. The Labute approximate surface area is 165 Å². The van der Waals surface area contributed by atoms with Crippen LogP contribution < -0.4 is 10.6 Å². The van der Waals surface area contributed by atoms with Crippen molar-refractivity contribution in [3.05, 3.63) is 28.5 Å². The molecule has 0 radical (unpaired) electrons. The van der Waals surface area contributed by atoms with Gasteiger partial charge in [0.15, 0.2) is 5.76 Å². The molecule has 0 bridgehead atoms. The van der Waals surface area contributed by atoms with Gasteiger partial charge in [0.05, 0.1) is 11.7 Å². The highest BCUT2D eigenvalue weighted by Crippen LogP contribution is 2.36. The Kier molecular flexibility index (Phi) is 5.11. The Morgan fingerprint density at radius 1 is 1.25 bits per heavy atom. The Morgan fingerprint density at radius 2 is 2.07 bits per heavy atom. The highest BCUT2D eigenvalue weighted by Gasteiger charge is 2.39. The summed E-state index contributed by atoms with van der Waals surface area (Å²) < 4.78 is 33.6. The summed E-state index contributed by atoms with van der Waals surface area (Å²) in [5, 5.41) is 10.3. The van der Waals surface area contributed by atoms with Gasteiger partial charge >= 0.3 is 0 Å². The summed E-state index contributed by atoms with van der Waals surface area (Å²) in [6.45, 7) is 5.31. The lowest BCUT2D eigenvalue weighted by atomic mass is 10.0. The van der Waals surface area contributed by atoms with Gasteiger partial charge in [0.25, 0.3) is 0 Å². The maximum Gasteiger partial charge on any atom is 0.249 e. The van der Waals surface area contributed by atoms with Crippen LogP contribution in [-0.2, 0) is 23.0 Å². The third kappa shape index (κ3) is 3.19. The van der Waals surface area contributed by atoms with Crippen molar-refractivity contribution < 1.29 is 12.9 Å². The topological polar surface area (TPSA) is 113 Å². The summed E-state index contributed by atoms with van der Waals surface area (Å²) in [4.78, 5) is 9.67. The molecule has 1 unspecified atom stereocenters. The molecule has 4 heterocycles. The van der Waals surface area contributed by atoms with E-state index in [1.807, 2.05) is 7.05 Å². The quantitative estimate of drug-likeness (QED) is 0.789. The molecule has 2 aliphatic rings. The lowest BCUT2D eigenvalue weighted by Gasteiger charge is -2.34. The molecule has 28 heavy (non-hydrogen) atoms. The zero-order valence-electron chi connectivity index (χ0n) is 16.4. The van der Waals surface area contributed by atoms with Crippen molar-refractivity contribution >= 4 is 15.8 Å². The van der Waals surface area contributed by atoms with E-state index in [-0.39, 0.29) is 10.9 Å². The Balaban J connectivity index is 1.78. The number of fused-ring (bicyclic) bond motifs is 1. The van der Waals surface area contributed by atoms with E-state index in [1.165, 1.54) is 4.31 Å². The number of piperidine rings is 1. The number of nitrogens with zero attached hydrogens (tertiary/aromatic N) is 4. The molecular formula is C18H26N6O3S. The van der Waals surface area contributed by atoms with Gasteiger partial charge < -0.3 is 15.2 Å². The number of aromatic nitrogens is 3. The molecule has 4 rings (SSSR count). The zero-order chi connectivity index (χ0) is 19.9. The number of rotatable bonds is 4. The van der Waals surface area contributed by atoms with Crippen LogP contribution in [0.2, 0.25) is 0 Å². The van der Waals surface area contributed by atoms with E-state index in [0.717, 1.165) is 49.4 Å². The summed E-state index contributed by atoms with van der Waals surface area (Å²) >= 11 is 0. The molecule has 2 aromatic rings. The van der Waals surface area contributed by atoms with Crippen LogP contribution >= 0.6 is 0 Å². The molecule has 1 fully saturated rings. The monoisotopic (exact) mass is 406 g/mol. The number of nitrogens with one attached hydrogen (secondary N) is 2. The fourth-order valence-corrected chi connectivity index (χ4v) is 6.08. The fraction of sp³-hybridized carbons (Fsp3) is 0.611. The second-order valence-corrected chi connectivity index (χ2v) is 9.14. The first-order valence-corrected chi connectivity index (χ1v) is 11.1. The van der Waals surface area contributed by atoms with E-state index in [9.17, 15) is 8.42 Å². The summed E-state index contributed by atoms with van der Waals surface area (Å²) in [6.07, 6.45) is 3.26. The van der Waals surface area contributed by atoms with E-state index < -0.39 is 10.0 Å². The van der Waals surface area contributed by atoms with Crippen molar-refractivity contribution in [1.29, 1.82) is 0 Å². The van der Waals surface area contributed by atoms with Crippen LogP contribution in [0.1, 0.15) is 53.8 Å². The van der Waals surface area contributed by atoms with Gasteiger partial charge in [-0.3, -0.25) is 0 Å². The maximum absolute atomic E-state index is 13.5.